The fraction of sp³-hybridized carbons (Fsp3) is 0.200. The lowest BCUT2D eigenvalue weighted by atomic mass is 10.1. The van der Waals surface area contributed by atoms with Crippen molar-refractivity contribution in [1.29, 1.82) is 0 Å². The molecule has 3 heteroatoms. The molecule has 0 N–H and O–H groups in total. The van der Waals surface area contributed by atoms with E-state index in [1.807, 2.05) is 0 Å². The van der Waals surface area contributed by atoms with E-state index < -0.39 is 0 Å². The largest absolute Gasteiger partial charge is 0.426 e. The Morgan fingerprint density at radius 1 is 1.46 bits per heavy atom. The zero-order valence-electron chi connectivity index (χ0n) is 7.53. The van der Waals surface area contributed by atoms with Crippen LogP contribution in [0.3, 0.4) is 0 Å². The highest BCUT2D eigenvalue weighted by atomic mass is 16.5. The Hall–Kier alpha value is -1.64. The molecule has 0 unspecified atom stereocenters. The number of carbonyl (C=O) groups excluding carboxylic acids is 2. The summed E-state index contributed by atoms with van der Waals surface area (Å²) in [6.45, 7) is 3.06. The third kappa shape index (κ3) is 2.15. The van der Waals surface area contributed by atoms with Gasteiger partial charge in [-0.1, -0.05) is 12.1 Å². The van der Waals surface area contributed by atoms with Crippen molar-refractivity contribution in [2.75, 3.05) is 0 Å². The van der Waals surface area contributed by atoms with Gasteiger partial charge >= 0.3 is 5.97 Å². The summed E-state index contributed by atoms with van der Waals surface area (Å²) in [4.78, 5) is 21.2. The third-order valence-electron chi connectivity index (χ3n) is 1.71. The lowest BCUT2D eigenvalue weighted by Crippen LogP contribution is -2.03. The number of ether oxygens (including phenoxy) is 1. The summed E-state index contributed by atoms with van der Waals surface area (Å²) < 4.78 is 4.89. The molecule has 13 heavy (non-hydrogen) atoms. The van der Waals surface area contributed by atoms with E-state index in [0.717, 1.165) is 6.29 Å². The van der Waals surface area contributed by atoms with Gasteiger partial charge in [-0.25, -0.2) is 0 Å². The molecule has 0 radical (unpaired) electrons. The topological polar surface area (TPSA) is 43.4 Å². The number of carbonyl (C=O) groups is 2. The summed E-state index contributed by atoms with van der Waals surface area (Å²) >= 11 is 0. The van der Waals surface area contributed by atoms with Crippen LogP contribution < -0.4 is 4.74 Å². The van der Waals surface area contributed by atoms with E-state index in [4.69, 9.17) is 4.74 Å². The van der Waals surface area contributed by atoms with E-state index in [9.17, 15) is 9.59 Å². The van der Waals surface area contributed by atoms with Crippen LogP contribution in [0.15, 0.2) is 18.2 Å². The number of hydrogen-bond acceptors (Lipinski definition) is 3. The molecule has 0 aliphatic heterocycles. The SMILES string of the molecule is CC(=O)Oc1cccc(C=O)c1C. The number of benzene rings is 1. The minimum absolute atomic E-state index is 0.383. The second kappa shape index (κ2) is 3.85. The molecule has 0 aromatic heterocycles. The Labute approximate surface area is 76.3 Å². The van der Waals surface area contributed by atoms with Crippen LogP contribution in [0.2, 0.25) is 0 Å². The molecule has 0 heterocycles. The average Bonchev–Trinajstić information content (AvgIpc) is 2.08. The zero-order chi connectivity index (χ0) is 9.84. The van der Waals surface area contributed by atoms with Gasteiger partial charge in [0.2, 0.25) is 0 Å². The Morgan fingerprint density at radius 3 is 2.69 bits per heavy atom. The number of rotatable bonds is 2. The van der Waals surface area contributed by atoms with Crippen LogP contribution in [0, 0.1) is 6.92 Å². The first-order chi connectivity index (χ1) is 6.15. The minimum Gasteiger partial charge on any atom is -0.426 e. The standard InChI is InChI=1S/C10H10O3/c1-7-9(6-11)4-3-5-10(7)13-8(2)12/h3-6H,1-2H3. The van der Waals surface area contributed by atoms with Gasteiger partial charge < -0.3 is 4.74 Å². The van der Waals surface area contributed by atoms with Gasteiger partial charge in [-0.3, -0.25) is 9.59 Å². The number of esters is 1. The molecule has 68 valence electrons. The lowest BCUT2D eigenvalue weighted by Gasteiger charge is -2.05. The smallest absolute Gasteiger partial charge is 0.308 e. The van der Waals surface area contributed by atoms with E-state index in [1.54, 1.807) is 25.1 Å². The van der Waals surface area contributed by atoms with Crippen molar-refractivity contribution in [3.8, 4) is 5.75 Å². The molecule has 3 nitrogen and oxygen atoms in total. The molecule has 0 aliphatic rings. The van der Waals surface area contributed by atoms with Crippen LogP contribution in [0.1, 0.15) is 22.8 Å². The highest BCUT2D eigenvalue weighted by Gasteiger charge is 2.05. The van der Waals surface area contributed by atoms with Crippen molar-refractivity contribution in [3.63, 3.8) is 0 Å². The second-order valence-corrected chi connectivity index (χ2v) is 2.68. The number of aldehydes is 1. The summed E-state index contributed by atoms with van der Waals surface area (Å²) in [7, 11) is 0. The van der Waals surface area contributed by atoms with Crippen molar-refractivity contribution in [2.45, 2.75) is 13.8 Å². The van der Waals surface area contributed by atoms with Gasteiger partial charge in [0.15, 0.2) is 0 Å². The Morgan fingerprint density at radius 2 is 2.15 bits per heavy atom. The normalized spacial score (nSPS) is 9.38. The Kier molecular flexibility index (Phi) is 2.80. The maximum Gasteiger partial charge on any atom is 0.308 e. The van der Waals surface area contributed by atoms with Gasteiger partial charge in [-0.05, 0) is 13.0 Å². The minimum atomic E-state index is -0.383. The van der Waals surface area contributed by atoms with Crippen molar-refractivity contribution in [2.24, 2.45) is 0 Å². The highest BCUT2D eigenvalue weighted by Crippen LogP contribution is 2.19. The summed E-state index contributed by atoms with van der Waals surface area (Å²) in [6.07, 6.45) is 0.738. The van der Waals surface area contributed by atoms with Crippen LogP contribution in [-0.4, -0.2) is 12.3 Å². The van der Waals surface area contributed by atoms with Crippen molar-refractivity contribution >= 4 is 12.3 Å². The van der Waals surface area contributed by atoms with Crippen molar-refractivity contribution < 1.29 is 14.3 Å². The molecule has 0 saturated carbocycles. The van der Waals surface area contributed by atoms with E-state index in [0.29, 0.717) is 16.9 Å². The van der Waals surface area contributed by atoms with Crippen LogP contribution in [0.25, 0.3) is 0 Å². The fourth-order valence-corrected chi connectivity index (χ4v) is 1.02. The summed E-state index contributed by atoms with van der Waals surface area (Å²) in [5.74, 6) is 0.0586. The highest BCUT2D eigenvalue weighted by molar-refractivity contribution is 5.79. The zero-order valence-corrected chi connectivity index (χ0v) is 7.53. The first-order valence-corrected chi connectivity index (χ1v) is 3.88. The summed E-state index contributed by atoms with van der Waals surface area (Å²) in [5.41, 5.74) is 1.23. The molecule has 0 fully saturated rings. The quantitative estimate of drug-likeness (QED) is 0.393. The van der Waals surface area contributed by atoms with Crippen LogP contribution in [0.5, 0.6) is 5.75 Å². The summed E-state index contributed by atoms with van der Waals surface area (Å²) in [6, 6.07) is 5.01. The molecule has 1 aromatic rings. The predicted molar refractivity (Wildman–Crippen MR) is 47.9 cm³/mol. The van der Waals surface area contributed by atoms with Gasteiger partial charge in [0.1, 0.15) is 12.0 Å². The molecule has 0 aliphatic carbocycles. The average molecular weight is 178 g/mol. The molecule has 0 amide bonds. The Balaban J connectivity index is 3.07. The maximum absolute atomic E-state index is 10.7. The molecule has 1 rings (SSSR count). The molecular weight excluding hydrogens is 168 g/mol. The van der Waals surface area contributed by atoms with Crippen molar-refractivity contribution in [3.05, 3.63) is 29.3 Å². The fourth-order valence-electron chi connectivity index (χ4n) is 1.02. The van der Waals surface area contributed by atoms with Crippen LogP contribution >= 0.6 is 0 Å². The summed E-state index contributed by atoms with van der Waals surface area (Å²) in [5, 5.41) is 0. The predicted octanol–water partition coefficient (Wildman–Crippen LogP) is 1.73. The van der Waals surface area contributed by atoms with Gasteiger partial charge in [-0.2, -0.15) is 0 Å². The van der Waals surface area contributed by atoms with E-state index in [-0.39, 0.29) is 5.97 Å². The van der Waals surface area contributed by atoms with Gasteiger partial charge in [0, 0.05) is 18.1 Å². The van der Waals surface area contributed by atoms with Crippen molar-refractivity contribution in [1.82, 2.24) is 0 Å². The lowest BCUT2D eigenvalue weighted by molar-refractivity contribution is -0.131. The van der Waals surface area contributed by atoms with E-state index in [1.165, 1.54) is 6.92 Å². The number of hydrogen-bond donors (Lipinski definition) is 0. The van der Waals surface area contributed by atoms with E-state index in [2.05, 4.69) is 0 Å². The molecular formula is C10H10O3. The second-order valence-electron chi connectivity index (χ2n) is 2.68. The molecule has 0 atom stereocenters. The molecule has 0 saturated heterocycles. The van der Waals surface area contributed by atoms with Crippen LogP contribution in [0.4, 0.5) is 0 Å². The van der Waals surface area contributed by atoms with E-state index >= 15 is 0 Å². The van der Waals surface area contributed by atoms with Crippen LogP contribution in [-0.2, 0) is 4.79 Å². The van der Waals surface area contributed by atoms with Gasteiger partial charge in [-0.15, -0.1) is 0 Å². The maximum atomic E-state index is 10.7. The first-order valence-electron chi connectivity index (χ1n) is 3.88. The third-order valence-corrected chi connectivity index (χ3v) is 1.71. The molecule has 0 bridgehead atoms. The Bertz CT molecular complexity index is 342. The van der Waals surface area contributed by atoms with Gasteiger partial charge in [0.05, 0.1) is 0 Å². The molecule has 0 spiro atoms. The monoisotopic (exact) mass is 178 g/mol. The van der Waals surface area contributed by atoms with Gasteiger partial charge in [0.25, 0.3) is 0 Å². The first kappa shape index (κ1) is 9.45. The molecule has 1 aromatic carbocycles.